The normalized spacial score (nSPS) is 14.1. The highest BCUT2D eigenvalue weighted by molar-refractivity contribution is 7.98. The Morgan fingerprint density at radius 3 is 2.30 bits per heavy atom. The first-order valence-electron chi connectivity index (χ1n) is 3.89. The maximum atomic E-state index is 3.42. The first-order valence-corrected chi connectivity index (χ1v) is 5.28. The van der Waals surface area contributed by atoms with Crippen LogP contribution >= 0.6 is 11.8 Å². The summed E-state index contributed by atoms with van der Waals surface area (Å²) < 4.78 is 0. The van der Waals surface area contributed by atoms with E-state index in [4.69, 9.17) is 0 Å². The van der Waals surface area contributed by atoms with E-state index in [9.17, 15) is 0 Å². The Kier molecular flexibility index (Phi) is 6.24. The molecule has 0 saturated heterocycles. The average Bonchev–Trinajstić information content (AvgIpc) is 1.85. The molecular formula is C8H19NS. The van der Waals surface area contributed by atoms with Gasteiger partial charge in [0.05, 0.1) is 0 Å². The van der Waals surface area contributed by atoms with E-state index in [0.717, 1.165) is 12.5 Å². The second kappa shape index (κ2) is 6.05. The lowest BCUT2D eigenvalue weighted by Gasteiger charge is -2.13. The minimum atomic E-state index is 0.629. The molecule has 1 unspecified atom stereocenters. The third kappa shape index (κ3) is 6.43. The number of thioether (sulfide) groups is 1. The highest BCUT2D eigenvalue weighted by Gasteiger charge is 2.00. The van der Waals surface area contributed by atoms with Crippen LogP contribution in [0.1, 0.15) is 20.8 Å². The zero-order valence-corrected chi connectivity index (χ0v) is 8.29. The monoisotopic (exact) mass is 161 g/mol. The van der Waals surface area contributed by atoms with Gasteiger partial charge < -0.3 is 5.32 Å². The van der Waals surface area contributed by atoms with Crippen molar-refractivity contribution >= 4 is 11.8 Å². The summed E-state index contributed by atoms with van der Waals surface area (Å²) in [6.07, 6.45) is 2.16. The Bertz CT molecular complexity index is 73.7. The predicted molar refractivity (Wildman–Crippen MR) is 50.7 cm³/mol. The summed E-state index contributed by atoms with van der Waals surface area (Å²) >= 11 is 1.92. The Labute approximate surface area is 69.0 Å². The Morgan fingerprint density at radius 2 is 1.90 bits per heavy atom. The lowest BCUT2D eigenvalue weighted by atomic mass is 10.2. The van der Waals surface area contributed by atoms with Crippen molar-refractivity contribution in [2.45, 2.75) is 26.8 Å². The fraction of sp³-hybridized carbons (Fsp3) is 1.00. The molecule has 0 rings (SSSR count). The maximum Gasteiger partial charge on any atom is 0.00104 e. The number of hydrogen-bond acceptors (Lipinski definition) is 2. The molecular weight excluding hydrogens is 142 g/mol. The molecule has 0 radical (unpaired) electrons. The lowest BCUT2D eigenvalue weighted by Crippen LogP contribution is -2.28. The Morgan fingerprint density at radius 1 is 1.30 bits per heavy atom. The van der Waals surface area contributed by atoms with Crippen molar-refractivity contribution in [3.05, 3.63) is 0 Å². The largest absolute Gasteiger partial charge is 0.314 e. The lowest BCUT2D eigenvalue weighted by molar-refractivity contribution is 0.510. The summed E-state index contributed by atoms with van der Waals surface area (Å²) in [5, 5.41) is 3.42. The number of hydrogen-bond donors (Lipinski definition) is 1. The summed E-state index contributed by atoms with van der Waals surface area (Å²) in [5.74, 6) is 2.07. The van der Waals surface area contributed by atoms with Crippen LogP contribution < -0.4 is 5.32 Å². The van der Waals surface area contributed by atoms with Crippen LogP contribution in [-0.2, 0) is 0 Å². The van der Waals surface area contributed by atoms with E-state index >= 15 is 0 Å². The van der Waals surface area contributed by atoms with E-state index in [1.807, 2.05) is 11.8 Å². The minimum absolute atomic E-state index is 0.629. The van der Waals surface area contributed by atoms with Gasteiger partial charge >= 0.3 is 0 Å². The predicted octanol–water partition coefficient (Wildman–Crippen LogP) is 1.98. The van der Waals surface area contributed by atoms with Gasteiger partial charge in [-0.15, -0.1) is 0 Å². The smallest absolute Gasteiger partial charge is 0.00104 e. The topological polar surface area (TPSA) is 12.0 Å². The zero-order chi connectivity index (χ0) is 7.98. The second-order valence-corrected chi connectivity index (χ2v) is 4.03. The zero-order valence-electron chi connectivity index (χ0n) is 7.48. The third-order valence-electron chi connectivity index (χ3n) is 1.33. The van der Waals surface area contributed by atoms with E-state index in [1.54, 1.807) is 0 Å². The molecule has 0 aromatic carbocycles. The Hall–Kier alpha value is 0.310. The van der Waals surface area contributed by atoms with E-state index in [2.05, 4.69) is 32.3 Å². The molecule has 0 aliphatic heterocycles. The minimum Gasteiger partial charge on any atom is -0.314 e. The van der Waals surface area contributed by atoms with Crippen molar-refractivity contribution in [2.24, 2.45) is 5.92 Å². The van der Waals surface area contributed by atoms with E-state index < -0.39 is 0 Å². The second-order valence-electron chi connectivity index (χ2n) is 3.12. The quantitative estimate of drug-likeness (QED) is 0.662. The molecule has 0 heterocycles. The van der Waals surface area contributed by atoms with Gasteiger partial charge in [-0.2, -0.15) is 11.8 Å². The van der Waals surface area contributed by atoms with Crippen molar-refractivity contribution in [1.82, 2.24) is 5.32 Å². The molecule has 2 heteroatoms. The van der Waals surface area contributed by atoms with Crippen LogP contribution in [0.15, 0.2) is 0 Å². The van der Waals surface area contributed by atoms with Gasteiger partial charge in [-0.25, -0.2) is 0 Å². The molecule has 0 aromatic heterocycles. The van der Waals surface area contributed by atoms with Gasteiger partial charge in [-0.1, -0.05) is 20.8 Å². The van der Waals surface area contributed by atoms with Crippen molar-refractivity contribution in [1.29, 1.82) is 0 Å². The molecule has 0 saturated carbocycles. The van der Waals surface area contributed by atoms with E-state index in [-0.39, 0.29) is 0 Å². The van der Waals surface area contributed by atoms with Gasteiger partial charge in [0.2, 0.25) is 0 Å². The van der Waals surface area contributed by atoms with Crippen molar-refractivity contribution in [2.75, 3.05) is 18.6 Å². The summed E-state index contributed by atoms with van der Waals surface area (Å²) in [7, 11) is 0. The summed E-state index contributed by atoms with van der Waals surface area (Å²) in [6.45, 7) is 7.81. The standard InChI is InChI=1S/C8H19NS/c1-7(2)9-5-8(3)6-10-4/h7-9H,5-6H2,1-4H3. The third-order valence-corrected chi connectivity index (χ3v) is 2.23. The highest BCUT2D eigenvalue weighted by Crippen LogP contribution is 2.02. The fourth-order valence-corrected chi connectivity index (χ4v) is 1.47. The van der Waals surface area contributed by atoms with Crippen LogP contribution in [-0.4, -0.2) is 24.6 Å². The average molecular weight is 161 g/mol. The van der Waals surface area contributed by atoms with Crippen LogP contribution in [0.5, 0.6) is 0 Å². The van der Waals surface area contributed by atoms with Crippen LogP contribution in [0.2, 0.25) is 0 Å². The molecule has 0 amide bonds. The molecule has 0 aliphatic rings. The van der Waals surface area contributed by atoms with Gasteiger partial charge in [0.1, 0.15) is 0 Å². The van der Waals surface area contributed by atoms with Gasteiger partial charge in [0, 0.05) is 6.04 Å². The molecule has 10 heavy (non-hydrogen) atoms. The van der Waals surface area contributed by atoms with Gasteiger partial charge in [0.15, 0.2) is 0 Å². The molecule has 62 valence electrons. The highest BCUT2D eigenvalue weighted by atomic mass is 32.2. The molecule has 0 aliphatic carbocycles. The number of rotatable bonds is 5. The van der Waals surface area contributed by atoms with Crippen molar-refractivity contribution < 1.29 is 0 Å². The molecule has 1 nitrogen and oxygen atoms in total. The van der Waals surface area contributed by atoms with Crippen molar-refractivity contribution in [3.8, 4) is 0 Å². The Balaban J connectivity index is 3.12. The first kappa shape index (κ1) is 10.3. The first-order chi connectivity index (χ1) is 4.66. The van der Waals surface area contributed by atoms with Crippen LogP contribution in [0.4, 0.5) is 0 Å². The summed E-state index contributed by atoms with van der Waals surface area (Å²) in [5.41, 5.74) is 0. The molecule has 0 fully saturated rings. The maximum absolute atomic E-state index is 3.42. The van der Waals surface area contributed by atoms with Gasteiger partial charge in [-0.3, -0.25) is 0 Å². The molecule has 1 N–H and O–H groups in total. The van der Waals surface area contributed by atoms with E-state index in [0.29, 0.717) is 6.04 Å². The van der Waals surface area contributed by atoms with Crippen LogP contribution in [0, 0.1) is 5.92 Å². The summed E-state index contributed by atoms with van der Waals surface area (Å²) in [6, 6.07) is 0.629. The number of nitrogens with one attached hydrogen (secondary N) is 1. The molecule has 0 bridgehead atoms. The SMILES string of the molecule is CSCC(C)CNC(C)C. The van der Waals surface area contributed by atoms with Crippen LogP contribution in [0.3, 0.4) is 0 Å². The molecule has 0 aromatic rings. The van der Waals surface area contributed by atoms with Gasteiger partial charge in [0.25, 0.3) is 0 Å². The van der Waals surface area contributed by atoms with Crippen LogP contribution in [0.25, 0.3) is 0 Å². The van der Waals surface area contributed by atoms with E-state index in [1.165, 1.54) is 5.75 Å². The fourth-order valence-electron chi connectivity index (χ4n) is 0.780. The molecule has 1 atom stereocenters. The van der Waals surface area contributed by atoms with Gasteiger partial charge in [-0.05, 0) is 24.5 Å². The molecule has 0 spiro atoms. The van der Waals surface area contributed by atoms with Crippen molar-refractivity contribution in [3.63, 3.8) is 0 Å². The summed E-state index contributed by atoms with van der Waals surface area (Å²) in [4.78, 5) is 0.